The number of benzene rings is 2. The number of nitrogens with zero attached hydrogens (tertiary/aromatic N) is 1. The molecule has 0 bridgehead atoms. The second-order valence-corrected chi connectivity index (χ2v) is 7.89. The molecule has 0 atom stereocenters. The monoisotopic (exact) mass is 465 g/mol. The number of hydrogen-bond donors (Lipinski definition) is 3. The van der Waals surface area contributed by atoms with E-state index in [0.29, 0.717) is 42.3 Å². The van der Waals surface area contributed by atoms with Crippen LogP contribution in [0.15, 0.2) is 36.4 Å². The summed E-state index contributed by atoms with van der Waals surface area (Å²) >= 11 is 11.8. The van der Waals surface area contributed by atoms with E-state index in [1.807, 2.05) is 0 Å². The van der Waals surface area contributed by atoms with Gasteiger partial charge in [-0.15, -0.1) is 0 Å². The number of halogens is 2. The molecule has 1 fully saturated rings. The number of amides is 3. The normalized spacial score (nSPS) is 14.1. The van der Waals surface area contributed by atoms with E-state index in [2.05, 4.69) is 10.9 Å². The molecule has 3 rings (SSSR count). The number of hydrazine groups is 1. The lowest BCUT2D eigenvalue weighted by Gasteiger charge is -2.31. The minimum Gasteiger partial charge on any atom is -0.507 e. The number of likely N-dealkylation sites (tertiary alicyclic amines) is 1. The predicted octanol–water partition coefficient (Wildman–Crippen LogP) is 3.02. The van der Waals surface area contributed by atoms with Gasteiger partial charge >= 0.3 is 0 Å². The number of ether oxygens (including phenoxy) is 1. The van der Waals surface area contributed by atoms with Crippen molar-refractivity contribution in [1.29, 1.82) is 0 Å². The third-order valence-electron chi connectivity index (χ3n) is 5.05. The first-order valence-electron chi connectivity index (χ1n) is 9.51. The van der Waals surface area contributed by atoms with E-state index in [4.69, 9.17) is 27.9 Å². The van der Waals surface area contributed by atoms with Gasteiger partial charge in [0.1, 0.15) is 11.5 Å². The molecule has 3 amide bonds. The quantitative estimate of drug-likeness (QED) is 0.601. The molecule has 2 aromatic rings. The molecule has 0 aliphatic carbocycles. The van der Waals surface area contributed by atoms with Gasteiger partial charge in [-0.3, -0.25) is 25.2 Å². The van der Waals surface area contributed by atoms with Crippen molar-refractivity contribution in [2.45, 2.75) is 12.8 Å². The summed E-state index contributed by atoms with van der Waals surface area (Å²) in [7, 11) is 1.48. The van der Waals surface area contributed by atoms with Crippen LogP contribution in [-0.2, 0) is 4.79 Å². The topological polar surface area (TPSA) is 108 Å². The molecule has 10 heteroatoms. The largest absolute Gasteiger partial charge is 0.507 e. The number of hydrogen-bond acceptors (Lipinski definition) is 5. The molecule has 31 heavy (non-hydrogen) atoms. The molecule has 1 heterocycles. The zero-order valence-electron chi connectivity index (χ0n) is 16.7. The number of phenolic OH excluding ortho intramolecular Hbond substituents is 1. The Bertz CT molecular complexity index is 1010. The molecular weight excluding hydrogens is 445 g/mol. The van der Waals surface area contributed by atoms with Gasteiger partial charge in [0.2, 0.25) is 5.91 Å². The molecule has 2 aromatic carbocycles. The smallest absolute Gasteiger partial charge is 0.273 e. The Morgan fingerprint density at radius 3 is 2.26 bits per heavy atom. The van der Waals surface area contributed by atoms with Crippen molar-refractivity contribution in [3.8, 4) is 11.5 Å². The lowest BCUT2D eigenvalue weighted by atomic mass is 9.95. The Labute approximate surface area is 189 Å². The Balaban J connectivity index is 1.54. The highest BCUT2D eigenvalue weighted by Crippen LogP contribution is 2.26. The van der Waals surface area contributed by atoms with Gasteiger partial charge in [-0.25, -0.2) is 0 Å². The summed E-state index contributed by atoms with van der Waals surface area (Å²) in [6.07, 6.45) is 0.859. The maximum absolute atomic E-state index is 12.8. The first-order valence-corrected chi connectivity index (χ1v) is 10.3. The summed E-state index contributed by atoms with van der Waals surface area (Å²) in [5, 5.41) is 10.5. The standard InChI is InChI=1S/C21H21Cl2N3O5/c1-31-18-5-3-14(23)11-16(18)21(30)26-8-6-12(7-9-26)19(28)24-25-20(29)15-10-13(22)2-4-17(15)27/h2-5,10-12,27H,6-9H2,1H3,(H,24,28)(H,25,29). The van der Waals surface area contributed by atoms with Crippen molar-refractivity contribution >= 4 is 40.9 Å². The second kappa shape index (κ2) is 9.89. The Morgan fingerprint density at radius 1 is 1.00 bits per heavy atom. The van der Waals surface area contributed by atoms with Crippen LogP contribution in [0.5, 0.6) is 11.5 Å². The first-order chi connectivity index (χ1) is 14.8. The van der Waals surface area contributed by atoms with Crippen LogP contribution < -0.4 is 15.6 Å². The van der Waals surface area contributed by atoms with Gasteiger partial charge in [0, 0.05) is 29.1 Å². The SMILES string of the molecule is COc1ccc(Cl)cc1C(=O)N1CCC(C(=O)NNC(=O)c2cc(Cl)ccc2O)CC1. The number of carbonyl (C=O) groups is 3. The third-order valence-corrected chi connectivity index (χ3v) is 5.52. The fourth-order valence-electron chi connectivity index (χ4n) is 3.34. The average molecular weight is 466 g/mol. The molecule has 0 unspecified atom stereocenters. The summed E-state index contributed by atoms with van der Waals surface area (Å²) < 4.78 is 5.24. The van der Waals surface area contributed by atoms with Gasteiger partial charge in [0.15, 0.2) is 0 Å². The van der Waals surface area contributed by atoms with Crippen LogP contribution in [0.25, 0.3) is 0 Å². The van der Waals surface area contributed by atoms with Gasteiger partial charge in [0.25, 0.3) is 11.8 Å². The first kappa shape index (κ1) is 22.7. The third kappa shape index (κ3) is 5.39. The van der Waals surface area contributed by atoms with Gasteiger partial charge in [-0.2, -0.15) is 0 Å². The number of methoxy groups -OCH3 is 1. The minimum absolute atomic E-state index is 0.0521. The number of phenols is 1. The van der Waals surface area contributed by atoms with E-state index in [1.54, 1.807) is 23.1 Å². The number of piperidine rings is 1. The zero-order chi connectivity index (χ0) is 22.5. The summed E-state index contributed by atoms with van der Waals surface area (Å²) in [5.41, 5.74) is 4.96. The average Bonchev–Trinajstić information content (AvgIpc) is 2.78. The molecular formula is C21H21Cl2N3O5. The van der Waals surface area contributed by atoms with Crippen molar-refractivity contribution in [2.24, 2.45) is 5.92 Å². The molecule has 8 nitrogen and oxygen atoms in total. The lowest BCUT2D eigenvalue weighted by Crippen LogP contribution is -2.48. The highest BCUT2D eigenvalue weighted by molar-refractivity contribution is 6.31. The van der Waals surface area contributed by atoms with Gasteiger partial charge < -0.3 is 14.7 Å². The molecule has 1 aliphatic rings. The fourth-order valence-corrected chi connectivity index (χ4v) is 3.68. The Hall–Kier alpha value is -2.97. The van der Waals surface area contributed by atoms with E-state index in [1.165, 1.54) is 25.3 Å². The minimum atomic E-state index is -0.686. The summed E-state index contributed by atoms with van der Waals surface area (Å²) in [4.78, 5) is 39.1. The molecule has 1 saturated heterocycles. The van der Waals surface area contributed by atoms with Crippen molar-refractivity contribution < 1.29 is 24.2 Å². The van der Waals surface area contributed by atoms with Crippen molar-refractivity contribution in [1.82, 2.24) is 15.8 Å². The molecule has 0 spiro atoms. The van der Waals surface area contributed by atoms with Crippen molar-refractivity contribution in [3.05, 3.63) is 57.6 Å². The van der Waals surface area contributed by atoms with Crippen LogP contribution in [0.3, 0.4) is 0 Å². The van der Waals surface area contributed by atoms with Crippen LogP contribution >= 0.6 is 23.2 Å². The Morgan fingerprint density at radius 2 is 1.61 bits per heavy atom. The molecule has 0 saturated carbocycles. The molecule has 0 radical (unpaired) electrons. The summed E-state index contributed by atoms with van der Waals surface area (Å²) in [5.74, 6) is -1.47. The maximum Gasteiger partial charge on any atom is 0.273 e. The predicted molar refractivity (Wildman–Crippen MR) is 115 cm³/mol. The Kier molecular flexibility index (Phi) is 7.25. The van der Waals surface area contributed by atoms with E-state index < -0.39 is 5.91 Å². The van der Waals surface area contributed by atoms with Gasteiger partial charge in [-0.05, 0) is 49.2 Å². The van der Waals surface area contributed by atoms with Crippen LogP contribution in [0, 0.1) is 5.92 Å². The lowest BCUT2D eigenvalue weighted by molar-refractivity contribution is -0.127. The molecule has 1 aliphatic heterocycles. The van der Waals surface area contributed by atoms with E-state index in [-0.39, 0.29) is 34.1 Å². The maximum atomic E-state index is 12.8. The van der Waals surface area contributed by atoms with Crippen LogP contribution in [0.1, 0.15) is 33.6 Å². The summed E-state index contributed by atoms with van der Waals surface area (Å²) in [6.45, 7) is 0.741. The van der Waals surface area contributed by atoms with Gasteiger partial charge in [-0.1, -0.05) is 23.2 Å². The van der Waals surface area contributed by atoms with Crippen LogP contribution in [-0.4, -0.2) is 47.9 Å². The van der Waals surface area contributed by atoms with Crippen LogP contribution in [0.2, 0.25) is 10.0 Å². The second-order valence-electron chi connectivity index (χ2n) is 7.02. The fraction of sp³-hybridized carbons (Fsp3) is 0.286. The van der Waals surface area contributed by atoms with Crippen molar-refractivity contribution in [3.63, 3.8) is 0 Å². The number of aromatic hydroxyl groups is 1. The van der Waals surface area contributed by atoms with E-state index in [0.717, 1.165) is 0 Å². The summed E-state index contributed by atoms with van der Waals surface area (Å²) in [6, 6.07) is 8.87. The highest BCUT2D eigenvalue weighted by atomic mass is 35.5. The molecule has 3 N–H and O–H groups in total. The number of rotatable bonds is 4. The zero-order valence-corrected chi connectivity index (χ0v) is 18.2. The van der Waals surface area contributed by atoms with Gasteiger partial charge in [0.05, 0.1) is 18.2 Å². The molecule has 164 valence electrons. The van der Waals surface area contributed by atoms with E-state index in [9.17, 15) is 19.5 Å². The highest BCUT2D eigenvalue weighted by Gasteiger charge is 2.29. The molecule has 0 aromatic heterocycles. The number of carbonyl (C=O) groups excluding carboxylic acids is 3. The van der Waals surface area contributed by atoms with E-state index >= 15 is 0 Å². The van der Waals surface area contributed by atoms with Crippen LogP contribution in [0.4, 0.5) is 0 Å². The van der Waals surface area contributed by atoms with Crippen molar-refractivity contribution in [2.75, 3.05) is 20.2 Å². The number of nitrogens with one attached hydrogen (secondary N) is 2.